The average Bonchev–Trinajstić information content (AvgIpc) is 2.77. The number of aryl methyl sites for hydroxylation is 1. The summed E-state index contributed by atoms with van der Waals surface area (Å²) in [5.41, 5.74) is 1.71. The maximum Gasteiger partial charge on any atom is 0.416 e. The second-order valence-electron chi connectivity index (χ2n) is 7.77. The molecule has 1 heterocycles. The molecule has 0 radical (unpaired) electrons. The number of fused-ring (bicyclic) bond motifs is 1. The van der Waals surface area contributed by atoms with Gasteiger partial charge in [-0.25, -0.2) is 4.79 Å². The first-order valence-corrected chi connectivity index (χ1v) is 8.34. The summed E-state index contributed by atoms with van der Waals surface area (Å²) in [7, 11) is 1.68. The lowest BCUT2D eigenvalue weighted by Gasteiger charge is -2.18. The van der Waals surface area contributed by atoms with E-state index in [2.05, 4.69) is 20.8 Å². The van der Waals surface area contributed by atoms with Gasteiger partial charge < -0.3 is 0 Å². The molecule has 0 unspecified atom stereocenters. The van der Waals surface area contributed by atoms with Gasteiger partial charge in [-0.15, -0.1) is 0 Å². The lowest BCUT2D eigenvalue weighted by atomic mass is 9.97. The number of benzene rings is 2. The van der Waals surface area contributed by atoms with Crippen LogP contribution in [0.1, 0.15) is 26.3 Å². The van der Waals surface area contributed by atoms with Gasteiger partial charge in [0.15, 0.2) is 0 Å². The third-order valence-electron chi connectivity index (χ3n) is 4.30. The van der Waals surface area contributed by atoms with Gasteiger partial charge in [-0.05, 0) is 40.8 Å². The van der Waals surface area contributed by atoms with Crippen LogP contribution in [0.15, 0.2) is 47.3 Å². The Morgan fingerprint density at radius 1 is 0.923 bits per heavy atom. The van der Waals surface area contributed by atoms with Crippen LogP contribution in [0.2, 0.25) is 0 Å². The number of halogens is 3. The Hall–Kier alpha value is -2.50. The molecular formula is C20H21F3N2O. The number of nitrogens with zero attached hydrogens (tertiary/aromatic N) is 2. The smallest absolute Gasteiger partial charge is 0.295 e. The van der Waals surface area contributed by atoms with Crippen LogP contribution in [0.25, 0.3) is 22.2 Å². The van der Waals surface area contributed by atoms with E-state index in [0.717, 1.165) is 17.6 Å². The molecule has 0 aliphatic carbocycles. The molecule has 3 nitrogen and oxygen atoms in total. The Bertz CT molecular complexity index is 1020. The van der Waals surface area contributed by atoms with Gasteiger partial charge in [0.25, 0.3) is 0 Å². The predicted molar refractivity (Wildman–Crippen MR) is 97.1 cm³/mol. The number of rotatable bonds is 2. The number of hydrogen-bond acceptors (Lipinski definition) is 1. The molecule has 138 valence electrons. The molecular weight excluding hydrogens is 341 g/mol. The summed E-state index contributed by atoms with van der Waals surface area (Å²) >= 11 is 0. The standard InChI is InChI=1S/C20H21F3N2O/c1-19(2,3)12-25-16-9-8-14(11-17(16)24(4)18(25)26)13-6-5-7-15(10-13)20(21,22)23/h5-11H,12H2,1-4H3. The van der Waals surface area contributed by atoms with Gasteiger partial charge in [0.05, 0.1) is 16.6 Å². The molecule has 0 aliphatic heterocycles. The summed E-state index contributed by atoms with van der Waals surface area (Å²) in [5, 5.41) is 0. The molecule has 0 atom stereocenters. The maximum atomic E-state index is 13.0. The Morgan fingerprint density at radius 2 is 1.58 bits per heavy atom. The zero-order valence-electron chi connectivity index (χ0n) is 15.2. The predicted octanol–water partition coefficient (Wildman–Crippen LogP) is 5.07. The Labute approximate surface area is 149 Å². The van der Waals surface area contributed by atoms with Crippen molar-refractivity contribution in [1.82, 2.24) is 9.13 Å². The van der Waals surface area contributed by atoms with Crippen LogP contribution in [-0.2, 0) is 19.8 Å². The van der Waals surface area contributed by atoms with E-state index in [1.807, 2.05) is 0 Å². The molecule has 0 spiro atoms. The molecule has 26 heavy (non-hydrogen) atoms. The van der Waals surface area contributed by atoms with Crippen LogP contribution in [0.4, 0.5) is 13.2 Å². The monoisotopic (exact) mass is 362 g/mol. The summed E-state index contributed by atoms with van der Waals surface area (Å²) < 4.78 is 42.2. The van der Waals surface area contributed by atoms with Crippen LogP contribution >= 0.6 is 0 Å². The fraction of sp³-hybridized carbons (Fsp3) is 0.350. The van der Waals surface area contributed by atoms with Crippen molar-refractivity contribution in [3.63, 3.8) is 0 Å². The normalized spacial score (nSPS) is 12.7. The van der Waals surface area contributed by atoms with Crippen molar-refractivity contribution in [2.75, 3.05) is 0 Å². The van der Waals surface area contributed by atoms with E-state index in [1.165, 1.54) is 10.6 Å². The van der Waals surface area contributed by atoms with Gasteiger partial charge in [-0.1, -0.05) is 39.0 Å². The molecule has 3 rings (SSSR count). The van der Waals surface area contributed by atoms with Crippen molar-refractivity contribution in [2.24, 2.45) is 12.5 Å². The van der Waals surface area contributed by atoms with E-state index in [0.29, 0.717) is 23.2 Å². The average molecular weight is 362 g/mol. The summed E-state index contributed by atoms with van der Waals surface area (Å²) in [6.07, 6.45) is -4.39. The van der Waals surface area contributed by atoms with Crippen molar-refractivity contribution in [3.8, 4) is 11.1 Å². The summed E-state index contributed by atoms with van der Waals surface area (Å²) in [4.78, 5) is 12.6. The van der Waals surface area contributed by atoms with Gasteiger partial charge in [0.1, 0.15) is 0 Å². The highest BCUT2D eigenvalue weighted by molar-refractivity contribution is 5.83. The Balaban J connectivity index is 2.14. The fourth-order valence-corrected chi connectivity index (χ4v) is 3.09. The molecule has 2 aromatic carbocycles. The summed E-state index contributed by atoms with van der Waals surface area (Å²) in [6, 6.07) is 10.6. The van der Waals surface area contributed by atoms with Crippen LogP contribution in [0.5, 0.6) is 0 Å². The van der Waals surface area contributed by atoms with Gasteiger partial charge in [-0.2, -0.15) is 13.2 Å². The van der Waals surface area contributed by atoms with Crippen LogP contribution in [0.3, 0.4) is 0 Å². The third-order valence-corrected chi connectivity index (χ3v) is 4.30. The van der Waals surface area contributed by atoms with Crippen LogP contribution in [0, 0.1) is 5.41 Å². The minimum atomic E-state index is -4.39. The number of hydrogen-bond donors (Lipinski definition) is 0. The molecule has 0 fully saturated rings. The van der Waals surface area contributed by atoms with Crippen LogP contribution < -0.4 is 5.69 Å². The maximum absolute atomic E-state index is 13.0. The first-order chi connectivity index (χ1) is 12.0. The zero-order chi connectivity index (χ0) is 19.3. The van der Waals surface area contributed by atoms with Gasteiger partial charge in [0.2, 0.25) is 0 Å². The zero-order valence-corrected chi connectivity index (χ0v) is 15.2. The van der Waals surface area contributed by atoms with Crippen molar-refractivity contribution in [1.29, 1.82) is 0 Å². The molecule has 0 amide bonds. The first kappa shape index (κ1) is 18.3. The highest BCUT2D eigenvalue weighted by atomic mass is 19.4. The summed E-state index contributed by atoms with van der Waals surface area (Å²) in [5.74, 6) is 0. The lowest BCUT2D eigenvalue weighted by Crippen LogP contribution is -2.27. The Kier molecular flexibility index (Phi) is 4.25. The Morgan fingerprint density at radius 3 is 2.19 bits per heavy atom. The van der Waals surface area contributed by atoms with E-state index in [4.69, 9.17) is 0 Å². The molecule has 1 aromatic heterocycles. The number of alkyl halides is 3. The lowest BCUT2D eigenvalue weighted by molar-refractivity contribution is -0.137. The molecule has 0 saturated carbocycles. The SMILES string of the molecule is Cn1c(=O)n(CC(C)(C)C)c2ccc(-c3cccc(C(F)(F)F)c3)cc21. The second-order valence-corrected chi connectivity index (χ2v) is 7.77. The van der Waals surface area contributed by atoms with Gasteiger partial charge in [-0.3, -0.25) is 9.13 Å². The van der Waals surface area contributed by atoms with E-state index < -0.39 is 11.7 Å². The highest BCUT2D eigenvalue weighted by Gasteiger charge is 2.30. The number of imidazole rings is 1. The molecule has 3 aromatic rings. The van der Waals surface area contributed by atoms with Crippen molar-refractivity contribution in [2.45, 2.75) is 33.5 Å². The molecule has 0 saturated heterocycles. The minimum Gasteiger partial charge on any atom is -0.295 e. The van der Waals surface area contributed by atoms with Crippen LogP contribution in [-0.4, -0.2) is 9.13 Å². The second kappa shape index (κ2) is 6.04. The van der Waals surface area contributed by atoms with Gasteiger partial charge >= 0.3 is 11.9 Å². The largest absolute Gasteiger partial charge is 0.416 e. The van der Waals surface area contributed by atoms with E-state index in [9.17, 15) is 18.0 Å². The van der Waals surface area contributed by atoms with E-state index in [1.54, 1.807) is 35.9 Å². The van der Waals surface area contributed by atoms with Crippen molar-refractivity contribution in [3.05, 3.63) is 58.5 Å². The van der Waals surface area contributed by atoms with E-state index in [-0.39, 0.29) is 11.1 Å². The fourth-order valence-electron chi connectivity index (χ4n) is 3.09. The minimum absolute atomic E-state index is 0.0716. The number of aromatic nitrogens is 2. The highest BCUT2D eigenvalue weighted by Crippen LogP contribution is 2.33. The topological polar surface area (TPSA) is 26.9 Å². The molecule has 0 bridgehead atoms. The van der Waals surface area contributed by atoms with Gasteiger partial charge in [0, 0.05) is 13.6 Å². The summed E-state index contributed by atoms with van der Waals surface area (Å²) in [6.45, 7) is 6.71. The third kappa shape index (κ3) is 3.41. The van der Waals surface area contributed by atoms with Crippen molar-refractivity contribution < 1.29 is 13.2 Å². The molecule has 6 heteroatoms. The molecule has 0 N–H and O–H groups in total. The van der Waals surface area contributed by atoms with E-state index >= 15 is 0 Å². The van der Waals surface area contributed by atoms with Crippen molar-refractivity contribution >= 4 is 11.0 Å². The quantitative estimate of drug-likeness (QED) is 0.625. The first-order valence-electron chi connectivity index (χ1n) is 8.34. The molecule has 0 aliphatic rings.